The molecule has 1 aromatic carbocycles. The van der Waals surface area contributed by atoms with E-state index >= 15 is 0 Å². The maximum absolute atomic E-state index is 10.2. The van der Waals surface area contributed by atoms with Crippen molar-refractivity contribution < 1.29 is 14.4 Å². The summed E-state index contributed by atoms with van der Waals surface area (Å²) in [6.45, 7) is 4.82. The van der Waals surface area contributed by atoms with E-state index in [4.69, 9.17) is 9.47 Å². The summed E-state index contributed by atoms with van der Waals surface area (Å²) in [4.78, 5) is 9.71. The molecule has 0 aliphatic carbocycles. The molecule has 0 amide bonds. The van der Waals surface area contributed by atoms with E-state index in [1.54, 1.807) is 18.2 Å². The van der Waals surface area contributed by atoms with Gasteiger partial charge in [0, 0.05) is 6.08 Å². The minimum atomic E-state index is -0.503. The Balaban J connectivity index is 2.95. The van der Waals surface area contributed by atoms with Gasteiger partial charge in [0.15, 0.2) is 11.5 Å². The van der Waals surface area contributed by atoms with E-state index in [9.17, 15) is 10.1 Å². The molecular weight excluding hydrogens is 222 g/mol. The van der Waals surface area contributed by atoms with E-state index in [0.717, 1.165) is 6.20 Å². The molecule has 92 valence electrons. The summed E-state index contributed by atoms with van der Waals surface area (Å²) >= 11 is 0. The Kier molecular flexibility index (Phi) is 5.00. The van der Waals surface area contributed by atoms with Crippen LogP contribution in [0.3, 0.4) is 0 Å². The first kappa shape index (κ1) is 13.0. The number of nitro groups is 1. The monoisotopic (exact) mass is 237 g/mol. The van der Waals surface area contributed by atoms with Gasteiger partial charge in [-0.3, -0.25) is 10.1 Å². The normalized spacial score (nSPS) is 10.5. The van der Waals surface area contributed by atoms with Crippen LogP contribution in [0.4, 0.5) is 0 Å². The molecule has 0 fully saturated rings. The first-order chi connectivity index (χ1) is 8.17. The van der Waals surface area contributed by atoms with Crippen molar-refractivity contribution in [2.75, 3.05) is 13.2 Å². The molecule has 0 aromatic heterocycles. The molecule has 0 saturated carbocycles. The lowest BCUT2D eigenvalue weighted by atomic mass is 10.2. The summed E-state index contributed by atoms with van der Waals surface area (Å²) in [6, 6.07) is 5.20. The second-order valence-electron chi connectivity index (χ2n) is 3.17. The second-order valence-corrected chi connectivity index (χ2v) is 3.17. The first-order valence-electron chi connectivity index (χ1n) is 5.38. The predicted molar refractivity (Wildman–Crippen MR) is 64.8 cm³/mol. The maximum atomic E-state index is 10.2. The van der Waals surface area contributed by atoms with Crippen LogP contribution in [-0.2, 0) is 0 Å². The molecule has 0 heterocycles. The smallest absolute Gasteiger partial charge is 0.235 e. The highest BCUT2D eigenvalue weighted by Gasteiger charge is 2.05. The van der Waals surface area contributed by atoms with E-state index in [0.29, 0.717) is 30.3 Å². The van der Waals surface area contributed by atoms with Crippen molar-refractivity contribution in [3.8, 4) is 11.5 Å². The zero-order valence-electron chi connectivity index (χ0n) is 9.88. The summed E-state index contributed by atoms with van der Waals surface area (Å²) in [5, 5.41) is 10.2. The summed E-state index contributed by atoms with van der Waals surface area (Å²) < 4.78 is 10.8. The molecule has 0 radical (unpaired) electrons. The topological polar surface area (TPSA) is 61.6 Å². The van der Waals surface area contributed by atoms with Crippen molar-refractivity contribution in [1.29, 1.82) is 0 Å². The molecule has 5 heteroatoms. The van der Waals surface area contributed by atoms with Crippen LogP contribution in [0.15, 0.2) is 24.4 Å². The van der Waals surface area contributed by atoms with Gasteiger partial charge in [0.25, 0.3) is 0 Å². The van der Waals surface area contributed by atoms with Gasteiger partial charge in [-0.2, -0.15) is 0 Å². The van der Waals surface area contributed by atoms with Crippen LogP contribution in [0.2, 0.25) is 0 Å². The van der Waals surface area contributed by atoms with Gasteiger partial charge in [-0.1, -0.05) is 6.07 Å². The maximum Gasteiger partial charge on any atom is 0.235 e. The average molecular weight is 237 g/mol. The summed E-state index contributed by atoms with van der Waals surface area (Å²) in [5.41, 5.74) is 0.702. The number of hydrogen-bond donors (Lipinski definition) is 0. The summed E-state index contributed by atoms with van der Waals surface area (Å²) in [6.07, 6.45) is 2.31. The first-order valence-corrected chi connectivity index (χ1v) is 5.38. The Morgan fingerprint density at radius 2 is 1.88 bits per heavy atom. The molecule has 0 bridgehead atoms. The molecule has 0 aliphatic heterocycles. The molecular formula is C12H15NO4. The van der Waals surface area contributed by atoms with Crippen molar-refractivity contribution in [1.82, 2.24) is 0 Å². The average Bonchev–Trinajstić information content (AvgIpc) is 2.30. The Morgan fingerprint density at radius 1 is 1.24 bits per heavy atom. The van der Waals surface area contributed by atoms with E-state index in [2.05, 4.69) is 0 Å². The summed E-state index contributed by atoms with van der Waals surface area (Å²) in [7, 11) is 0. The third kappa shape index (κ3) is 4.14. The lowest BCUT2D eigenvalue weighted by molar-refractivity contribution is -0.400. The number of rotatable bonds is 6. The Hall–Kier alpha value is -2.04. The molecule has 0 unspecified atom stereocenters. The van der Waals surface area contributed by atoms with E-state index in [-0.39, 0.29) is 0 Å². The Labute approximate surface area is 99.8 Å². The fraction of sp³-hybridized carbons (Fsp3) is 0.333. The van der Waals surface area contributed by atoms with Crippen LogP contribution in [-0.4, -0.2) is 18.1 Å². The lowest BCUT2D eigenvalue weighted by Gasteiger charge is -2.10. The molecule has 17 heavy (non-hydrogen) atoms. The van der Waals surface area contributed by atoms with E-state index < -0.39 is 4.92 Å². The molecule has 0 saturated heterocycles. The van der Waals surface area contributed by atoms with Gasteiger partial charge in [0.05, 0.1) is 18.1 Å². The van der Waals surface area contributed by atoms with Gasteiger partial charge in [-0.05, 0) is 31.5 Å². The second kappa shape index (κ2) is 6.52. The highest BCUT2D eigenvalue weighted by Crippen LogP contribution is 2.28. The quantitative estimate of drug-likeness (QED) is 0.563. The van der Waals surface area contributed by atoms with Crippen molar-refractivity contribution in [3.05, 3.63) is 40.1 Å². The third-order valence-electron chi connectivity index (χ3n) is 1.96. The van der Waals surface area contributed by atoms with E-state index in [1.807, 2.05) is 13.8 Å². The van der Waals surface area contributed by atoms with Crippen LogP contribution in [0.5, 0.6) is 11.5 Å². The zero-order chi connectivity index (χ0) is 12.7. The van der Waals surface area contributed by atoms with Crippen LogP contribution in [0.25, 0.3) is 6.08 Å². The number of benzene rings is 1. The fourth-order valence-corrected chi connectivity index (χ4v) is 1.32. The summed E-state index contributed by atoms with van der Waals surface area (Å²) in [5.74, 6) is 1.24. The Bertz CT molecular complexity index is 415. The van der Waals surface area contributed by atoms with E-state index in [1.165, 1.54) is 6.08 Å². The van der Waals surface area contributed by atoms with Gasteiger partial charge in [0.1, 0.15) is 0 Å². The third-order valence-corrected chi connectivity index (χ3v) is 1.96. The number of hydrogen-bond acceptors (Lipinski definition) is 4. The molecule has 0 atom stereocenters. The number of nitrogens with zero attached hydrogens (tertiary/aromatic N) is 1. The van der Waals surface area contributed by atoms with Gasteiger partial charge in [-0.15, -0.1) is 0 Å². The van der Waals surface area contributed by atoms with Crippen molar-refractivity contribution in [2.24, 2.45) is 0 Å². The molecule has 0 spiro atoms. The molecule has 1 aromatic rings. The largest absolute Gasteiger partial charge is 0.490 e. The molecule has 1 rings (SSSR count). The minimum absolute atomic E-state index is 0.503. The highest BCUT2D eigenvalue weighted by molar-refractivity contribution is 5.55. The van der Waals surface area contributed by atoms with Gasteiger partial charge < -0.3 is 9.47 Å². The number of ether oxygens (including phenoxy) is 2. The standard InChI is InChI=1S/C12H15NO4/c1-3-16-11-6-5-10(7-8-13(14)15)9-12(11)17-4-2/h5-9H,3-4H2,1-2H3/b8-7+. The van der Waals surface area contributed by atoms with Crippen LogP contribution < -0.4 is 9.47 Å². The minimum Gasteiger partial charge on any atom is -0.490 e. The Morgan fingerprint density at radius 3 is 2.47 bits per heavy atom. The van der Waals surface area contributed by atoms with Gasteiger partial charge in [0.2, 0.25) is 6.20 Å². The molecule has 5 nitrogen and oxygen atoms in total. The van der Waals surface area contributed by atoms with Crippen LogP contribution in [0.1, 0.15) is 19.4 Å². The van der Waals surface area contributed by atoms with Gasteiger partial charge in [-0.25, -0.2) is 0 Å². The van der Waals surface area contributed by atoms with Crippen molar-refractivity contribution in [3.63, 3.8) is 0 Å². The van der Waals surface area contributed by atoms with Crippen LogP contribution in [0, 0.1) is 10.1 Å². The van der Waals surface area contributed by atoms with Crippen molar-refractivity contribution >= 4 is 6.08 Å². The van der Waals surface area contributed by atoms with Crippen LogP contribution >= 0.6 is 0 Å². The van der Waals surface area contributed by atoms with Crippen molar-refractivity contribution in [2.45, 2.75) is 13.8 Å². The zero-order valence-corrected chi connectivity index (χ0v) is 9.88. The predicted octanol–water partition coefficient (Wildman–Crippen LogP) is 2.73. The lowest BCUT2D eigenvalue weighted by Crippen LogP contribution is -1.98. The highest BCUT2D eigenvalue weighted by atomic mass is 16.6. The molecule has 0 N–H and O–H groups in total. The fourth-order valence-electron chi connectivity index (χ4n) is 1.32. The SMILES string of the molecule is CCOc1ccc(/C=C/[N+](=O)[O-])cc1OCC. The molecule has 0 aliphatic rings. The van der Waals surface area contributed by atoms with Gasteiger partial charge >= 0.3 is 0 Å².